The summed E-state index contributed by atoms with van der Waals surface area (Å²) >= 11 is 0.993. The Labute approximate surface area is 117 Å². The van der Waals surface area contributed by atoms with E-state index >= 15 is 0 Å². The first-order valence-electron chi connectivity index (χ1n) is 6.28. The van der Waals surface area contributed by atoms with E-state index in [4.69, 9.17) is 5.14 Å². The largest absolute Gasteiger partial charge is 0.333 e. The molecule has 0 spiro atoms. The minimum Gasteiger partial charge on any atom is -0.333 e. The highest BCUT2D eigenvalue weighted by Gasteiger charge is 2.34. The summed E-state index contributed by atoms with van der Waals surface area (Å²) in [5.41, 5.74) is 0.418. The van der Waals surface area contributed by atoms with Crippen molar-refractivity contribution in [2.24, 2.45) is 5.14 Å². The number of likely N-dealkylation sites (tertiary alicyclic amines) is 1. The smallest absolute Gasteiger partial charge is 0.255 e. The van der Waals surface area contributed by atoms with Crippen molar-refractivity contribution in [2.75, 3.05) is 0 Å². The van der Waals surface area contributed by atoms with Crippen LogP contribution in [0.3, 0.4) is 0 Å². The van der Waals surface area contributed by atoms with Gasteiger partial charge in [-0.15, -0.1) is 11.3 Å². The van der Waals surface area contributed by atoms with Gasteiger partial charge in [-0.2, -0.15) is 0 Å². The molecule has 2 N–H and O–H groups in total. The van der Waals surface area contributed by atoms with Gasteiger partial charge in [0.25, 0.3) is 5.91 Å². The third-order valence-corrected chi connectivity index (χ3v) is 5.98. The summed E-state index contributed by atoms with van der Waals surface area (Å²) in [5.74, 6) is -0.0944. The summed E-state index contributed by atoms with van der Waals surface area (Å²) in [6.45, 7) is 4.09. The van der Waals surface area contributed by atoms with Gasteiger partial charge in [-0.05, 0) is 32.3 Å². The Bertz CT molecular complexity index is 580. The molecule has 1 aliphatic heterocycles. The second-order valence-corrected chi connectivity index (χ2v) is 7.60. The van der Waals surface area contributed by atoms with Gasteiger partial charge in [0.15, 0.2) is 0 Å². The quantitative estimate of drug-likeness (QED) is 0.924. The summed E-state index contributed by atoms with van der Waals surface area (Å²) < 4.78 is 22.5. The van der Waals surface area contributed by atoms with Gasteiger partial charge >= 0.3 is 0 Å². The molecule has 2 unspecified atom stereocenters. The van der Waals surface area contributed by atoms with Crippen LogP contribution in [0.1, 0.15) is 43.5 Å². The molecule has 0 radical (unpaired) electrons. The maximum Gasteiger partial charge on any atom is 0.255 e. The SMILES string of the molecule is CCC1CCC(C)N1C(=O)c1csc(S(N)(=O)=O)c1. The topological polar surface area (TPSA) is 80.5 Å². The molecule has 1 saturated heterocycles. The molecule has 0 aliphatic carbocycles. The molecule has 2 rings (SSSR count). The average molecular weight is 302 g/mol. The number of amides is 1. The van der Waals surface area contributed by atoms with Gasteiger partial charge in [0.2, 0.25) is 10.0 Å². The number of rotatable bonds is 3. The molecule has 1 aromatic rings. The van der Waals surface area contributed by atoms with E-state index in [-0.39, 0.29) is 22.2 Å². The van der Waals surface area contributed by atoms with E-state index in [2.05, 4.69) is 6.92 Å². The van der Waals surface area contributed by atoms with Gasteiger partial charge in [0.05, 0.1) is 5.56 Å². The van der Waals surface area contributed by atoms with Crippen LogP contribution < -0.4 is 5.14 Å². The maximum atomic E-state index is 12.5. The highest BCUT2D eigenvalue weighted by molar-refractivity contribution is 7.91. The monoisotopic (exact) mass is 302 g/mol. The minimum atomic E-state index is -3.72. The second kappa shape index (κ2) is 5.22. The van der Waals surface area contributed by atoms with E-state index in [0.29, 0.717) is 5.56 Å². The van der Waals surface area contributed by atoms with Gasteiger partial charge in [0.1, 0.15) is 4.21 Å². The lowest BCUT2D eigenvalue weighted by molar-refractivity contribution is 0.0677. The summed E-state index contributed by atoms with van der Waals surface area (Å²) in [4.78, 5) is 14.3. The predicted octanol–water partition coefficient (Wildman–Crippen LogP) is 1.80. The van der Waals surface area contributed by atoms with Crippen molar-refractivity contribution < 1.29 is 13.2 Å². The third-order valence-electron chi connectivity index (χ3n) is 3.59. The molecule has 0 saturated carbocycles. The lowest BCUT2D eigenvalue weighted by atomic mass is 10.1. The fourth-order valence-electron chi connectivity index (χ4n) is 2.57. The first-order chi connectivity index (χ1) is 8.84. The van der Waals surface area contributed by atoms with Crippen molar-refractivity contribution in [1.29, 1.82) is 0 Å². The van der Waals surface area contributed by atoms with Crippen molar-refractivity contribution in [3.63, 3.8) is 0 Å². The molecule has 2 heterocycles. The summed E-state index contributed by atoms with van der Waals surface area (Å²) in [7, 11) is -3.72. The van der Waals surface area contributed by atoms with Crippen molar-refractivity contribution in [2.45, 2.75) is 49.4 Å². The fraction of sp³-hybridized carbons (Fsp3) is 0.583. The number of thiophene rings is 1. The zero-order valence-electron chi connectivity index (χ0n) is 11.0. The normalized spacial score (nSPS) is 23.8. The van der Waals surface area contributed by atoms with Crippen LogP contribution in [0.15, 0.2) is 15.7 Å². The van der Waals surface area contributed by atoms with E-state index < -0.39 is 10.0 Å². The molecule has 1 aliphatic rings. The second-order valence-electron chi connectivity index (χ2n) is 4.90. The highest BCUT2D eigenvalue weighted by Crippen LogP contribution is 2.29. The Morgan fingerprint density at radius 1 is 1.53 bits per heavy atom. The molecular formula is C12H18N2O3S2. The molecule has 2 atom stereocenters. The number of carbonyl (C=O) groups is 1. The van der Waals surface area contributed by atoms with Gasteiger partial charge < -0.3 is 4.90 Å². The Balaban J connectivity index is 2.27. The molecule has 1 amide bonds. The van der Waals surface area contributed by atoms with Crippen molar-refractivity contribution in [3.8, 4) is 0 Å². The number of hydrogen-bond donors (Lipinski definition) is 1. The van der Waals surface area contributed by atoms with Crippen LogP contribution in [0.5, 0.6) is 0 Å². The fourth-order valence-corrected chi connectivity index (χ4v) is 4.14. The van der Waals surface area contributed by atoms with E-state index in [1.807, 2.05) is 11.8 Å². The van der Waals surface area contributed by atoms with Crippen LogP contribution in [0, 0.1) is 0 Å². The molecule has 0 aromatic carbocycles. The van der Waals surface area contributed by atoms with Gasteiger partial charge in [-0.1, -0.05) is 6.92 Å². The van der Waals surface area contributed by atoms with Crippen LogP contribution in [-0.4, -0.2) is 31.3 Å². The molecule has 19 heavy (non-hydrogen) atoms. The van der Waals surface area contributed by atoms with E-state index in [1.165, 1.54) is 6.07 Å². The zero-order valence-corrected chi connectivity index (χ0v) is 12.6. The van der Waals surface area contributed by atoms with Gasteiger partial charge in [-0.25, -0.2) is 13.6 Å². The number of hydrogen-bond acceptors (Lipinski definition) is 4. The van der Waals surface area contributed by atoms with E-state index in [9.17, 15) is 13.2 Å². The minimum absolute atomic E-state index is 0.0377. The summed E-state index contributed by atoms with van der Waals surface area (Å²) in [6.07, 6.45) is 2.92. The van der Waals surface area contributed by atoms with Gasteiger partial charge in [-0.3, -0.25) is 4.79 Å². The zero-order chi connectivity index (χ0) is 14.2. The predicted molar refractivity (Wildman–Crippen MR) is 74.6 cm³/mol. The molecule has 7 heteroatoms. The first kappa shape index (κ1) is 14.5. The van der Waals surface area contributed by atoms with Crippen LogP contribution in [0.4, 0.5) is 0 Å². The van der Waals surface area contributed by atoms with Gasteiger partial charge in [0, 0.05) is 17.5 Å². The van der Waals surface area contributed by atoms with Crippen LogP contribution in [-0.2, 0) is 10.0 Å². The Hall–Kier alpha value is -0.920. The van der Waals surface area contributed by atoms with Crippen LogP contribution in [0.2, 0.25) is 0 Å². The number of carbonyl (C=O) groups excluding carboxylic acids is 1. The number of primary sulfonamides is 1. The van der Waals surface area contributed by atoms with Crippen molar-refractivity contribution >= 4 is 27.3 Å². The van der Waals surface area contributed by atoms with Crippen molar-refractivity contribution in [1.82, 2.24) is 4.90 Å². The molecule has 1 aromatic heterocycles. The number of nitrogens with zero attached hydrogens (tertiary/aromatic N) is 1. The Kier molecular flexibility index (Phi) is 3.98. The van der Waals surface area contributed by atoms with E-state index in [0.717, 1.165) is 30.6 Å². The summed E-state index contributed by atoms with van der Waals surface area (Å²) in [6, 6.07) is 1.83. The first-order valence-corrected chi connectivity index (χ1v) is 8.71. The molecular weight excluding hydrogens is 284 g/mol. The molecule has 1 fully saturated rings. The third kappa shape index (κ3) is 2.82. The lowest BCUT2D eigenvalue weighted by Gasteiger charge is -2.27. The Morgan fingerprint density at radius 2 is 2.21 bits per heavy atom. The molecule has 5 nitrogen and oxygen atoms in total. The number of nitrogens with two attached hydrogens (primary N) is 1. The standard InChI is InChI=1S/C12H18N2O3S2/c1-3-10-5-4-8(2)14(10)12(15)9-6-11(18-7-9)19(13,16)17/h6-8,10H,3-5H2,1-2H3,(H2,13,16,17). The van der Waals surface area contributed by atoms with Crippen LogP contribution in [0.25, 0.3) is 0 Å². The number of sulfonamides is 1. The molecule has 0 bridgehead atoms. The maximum absolute atomic E-state index is 12.5. The average Bonchev–Trinajstić information content (AvgIpc) is 2.93. The highest BCUT2D eigenvalue weighted by atomic mass is 32.2. The summed E-state index contributed by atoms with van der Waals surface area (Å²) in [5, 5.41) is 6.63. The Morgan fingerprint density at radius 3 is 2.74 bits per heavy atom. The van der Waals surface area contributed by atoms with Crippen LogP contribution >= 0.6 is 11.3 Å². The van der Waals surface area contributed by atoms with E-state index in [1.54, 1.807) is 5.38 Å². The molecule has 106 valence electrons. The lowest BCUT2D eigenvalue weighted by Crippen LogP contribution is -2.39. The van der Waals surface area contributed by atoms with Crippen molar-refractivity contribution in [3.05, 3.63) is 17.0 Å².